The Morgan fingerprint density at radius 2 is 2.14 bits per heavy atom. The average Bonchev–Trinajstić information content (AvgIpc) is 3.26. The van der Waals surface area contributed by atoms with E-state index in [9.17, 15) is 4.79 Å². The number of likely N-dealkylation sites (tertiary alicyclic amines) is 1. The molecule has 1 aromatic carbocycles. The summed E-state index contributed by atoms with van der Waals surface area (Å²) in [5, 5.41) is 3.00. The van der Waals surface area contributed by atoms with Crippen molar-refractivity contribution in [1.29, 1.82) is 0 Å². The SMILES string of the molecule is O=C(Nc1ccc2c(c1)COC2)N1CCC[C@@H]1c1ccco1. The Morgan fingerprint density at radius 1 is 1.23 bits per heavy atom. The number of furan rings is 1. The zero-order valence-corrected chi connectivity index (χ0v) is 12.2. The summed E-state index contributed by atoms with van der Waals surface area (Å²) in [6, 6.07) is 9.71. The van der Waals surface area contributed by atoms with Crippen molar-refractivity contribution >= 4 is 11.7 Å². The molecular weight excluding hydrogens is 280 g/mol. The van der Waals surface area contributed by atoms with Gasteiger partial charge in [-0.25, -0.2) is 4.79 Å². The van der Waals surface area contributed by atoms with Crippen molar-refractivity contribution in [2.45, 2.75) is 32.1 Å². The van der Waals surface area contributed by atoms with Crippen molar-refractivity contribution in [1.82, 2.24) is 4.90 Å². The molecule has 0 saturated carbocycles. The van der Waals surface area contributed by atoms with Crippen molar-refractivity contribution in [3.63, 3.8) is 0 Å². The van der Waals surface area contributed by atoms with Gasteiger partial charge in [-0.1, -0.05) is 6.07 Å². The molecule has 1 atom stereocenters. The summed E-state index contributed by atoms with van der Waals surface area (Å²) in [6.45, 7) is 2.04. The monoisotopic (exact) mass is 298 g/mol. The Balaban J connectivity index is 1.49. The van der Waals surface area contributed by atoms with E-state index >= 15 is 0 Å². The number of carbonyl (C=O) groups excluding carboxylic acids is 1. The van der Waals surface area contributed by atoms with Crippen molar-refractivity contribution in [3.8, 4) is 0 Å². The first-order chi connectivity index (χ1) is 10.8. The highest BCUT2D eigenvalue weighted by Gasteiger charge is 2.31. The molecule has 2 aliphatic heterocycles. The quantitative estimate of drug-likeness (QED) is 0.920. The molecule has 22 heavy (non-hydrogen) atoms. The summed E-state index contributed by atoms with van der Waals surface area (Å²) in [5.74, 6) is 0.856. The van der Waals surface area contributed by atoms with Gasteiger partial charge in [-0.2, -0.15) is 0 Å². The minimum Gasteiger partial charge on any atom is -0.467 e. The lowest BCUT2D eigenvalue weighted by Gasteiger charge is -2.23. The second-order valence-electron chi connectivity index (χ2n) is 5.77. The van der Waals surface area contributed by atoms with Gasteiger partial charge in [-0.15, -0.1) is 0 Å². The molecule has 5 nitrogen and oxygen atoms in total. The van der Waals surface area contributed by atoms with Crippen LogP contribution in [0.25, 0.3) is 0 Å². The Bertz CT molecular complexity index is 681. The molecule has 2 aromatic rings. The van der Waals surface area contributed by atoms with Gasteiger partial charge in [0.05, 0.1) is 25.5 Å². The van der Waals surface area contributed by atoms with Gasteiger partial charge in [-0.3, -0.25) is 0 Å². The second-order valence-corrected chi connectivity index (χ2v) is 5.77. The van der Waals surface area contributed by atoms with Gasteiger partial charge in [0, 0.05) is 12.2 Å². The van der Waals surface area contributed by atoms with Crippen LogP contribution >= 0.6 is 0 Å². The fourth-order valence-electron chi connectivity index (χ4n) is 3.23. The third kappa shape index (κ3) is 2.37. The van der Waals surface area contributed by atoms with Crippen LogP contribution in [-0.2, 0) is 18.0 Å². The van der Waals surface area contributed by atoms with Crippen LogP contribution in [-0.4, -0.2) is 17.5 Å². The highest BCUT2D eigenvalue weighted by atomic mass is 16.5. The second kappa shape index (κ2) is 5.50. The standard InChI is InChI=1S/C17H18N2O3/c20-17(18-14-6-5-12-10-21-11-13(12)9-14)19-7-1-3-15(19)16-4-2-8-22-16/h2,4-6,8-9,15H,1,3,7,10-11H2,(H,18,20)/t15-/m1/s1. The fourth-order valence-corrected chi connectivity index (χ4v) is 3.23. The lowest BCUT2D eigenvalue weighted by Crippen LogP contribution is -2.34. The van der Waals surface area contributed by atoms with Crippen LogP contribution in [0.4, 0.5) is 10.5 Å². The van der Waals surface area contributed by atoms with E-state index in [1.165, 1.54) is 5.56 Å². The van der Waals surface area contributed by atoms with Crippen LogP contribution in [0.5, 0.6) is 0 Å². The van der Waals surface area contributed by atoms with Crippen LogP contribution in [0.2, 0.25) is 0 Å². The topological polar surface area (TPSA) is 54.7 Å². The average molecular weight is 298 g/mol. The fraction of sp³-hybridized carbons (Fsp3) is 0.353. The zero-order valence-electron chi connectivity index (χ0n) is 12.2. The number of amides is 2. The van der Waals surface area contributed by atoms with E-state index < -0.39 is 0 Å². The van der Waals surface area contributed by atoms with Gasteiger partial charge in [0.15, 0.2) is 0 Å². The van der Waals surface area contributed by atoms with E-state index in [1.807, 2.05) is 35.2 Å². The minimum absolute atomic E-state index is 0.0350. The van der Waals surface area contributed by atoms with E-state index in [-0.39, 0.29) is 12.1 Å². The molecule has 114 valence electrons. The summed E-state index contributed by atoms with van der Waals surface area (Å²) in [7, 11) is 0. The molecule has 0 aliphatic carbocycles. The molecule has 2 aliphatic rings. The van der Waals surface area contributed by atoms with Gasteiger partial charge in [0.2, 0.25) is 0 Å². The first kappa shape index (κ1) is 13.4. The number of anilines is 1. The summed E-state index contributed by atoms with van der Waals surface area (Å²) in [6.07, 6.45) is 3.60. The van der Waals surface area contributed by atoms with Crippen LogP contribution in [0.1, 0.15) is 35.8 Å². The van der Waals surface area contributed by atoms with E-state index in [4.69, 9.17) is 9.15 Å². The van der Waals surface area contributed by atoms with Gasteiger partial charge in [-0.05, 0) is 48.2 Å². The predicted octanol–water partition coefficient (Wildman–Crippen LogP) is 3.68. The summed E-state index contributed by atoms with van der Waals surface area (Å²) in [5.41, 5.74) is 3.17. The van der Waals surface area contributed by atoms with E-state index in [0.717, 1.165) is 36.4 Å². The van der Waals surface area contributed by atoms with Crippen LogP contribution < -0.4 is 5.32 Å². The van der Waals surface area contributed by atoms with E-state index in [2.05, 4.69) is 5.32 Å². The molecule has 4 rings (SSSR count). The summed E-state index contributed by atoms with van der Waals surface area (Å²) < 4.78 is 10.9. The van der Waals surface area contributed by atoms with Crippen LogP contribution in [0, 0.1) is 0 Å². The summed E-state index contributed by atoms with van der Waals surface area (Å²) >= 11 is 0. The smallest absolute Gasteiger partial charge is 0.322 e. The first-order valence-electron chi connectivity index (χ1n) is 7.62. The van der Waals surface area contributed by atoms with Crippen LogP contribution in [0.15, 0.2) is 41.0 Å². The molecule has 0 spiro atoms. The predicted molar refractivity (Wildman–Crippen MR) is 81.3 cm³/mol. The van der Waals surface area contributed by atoms with Gasteiger partial charge >= 0.3 is 6.03 Å². The Hall–Kier alpha value is -2.27. The molecule has 2 amide bonds. The normalized spacial score (nSPS) is 20.2. The van der Waals surface area contributed by atoms with Crippen molar-refractivity contribution in [2.75, 3.05) is 11.9 Å². The molecule has 0 radical (unpaired) electrons. The molecule has 1 fully saturated rings. The number of nitrogens with zero attached hydrogens (tertiary/aromatic N) is 1. The number of ether oxygens (including phenoxy) is 1. The van der Waals surface area contributed by atoms with Gasteiger partial charge in [0.25, 0.3) is 0 Å². The number of urea groups is 1. The van der Waals surface area contributed by atoms with Crippen molar-refractivity contribution < 1.29 is 13.9 Å². The molecule has 1 N–H and O–H groups in total. The first-order valence-corrected chi connectivity index (χ1v) is 7.62. The number of carbonyl (C=O) groups is 1. The Labute approximate surface area is 128 Å². The molecule has 1 saturated heterocycles. The molecule has 1 aromatic heterocycles. The molecule has 5 heteroatoms. The number of nitrogens with one attached hydrogen (secondary N) is 1. The molecule has 0 unspecified atom stereocenters. The minimum atomic E-state index is -0.0715. The zero-order chi connectivity index (χ0) is 14.9. The number of rotatable bonds is 2. The molecular formula is C17H18N2O3. The van der Waals surface area contributed by atoms with Crippen LogP contribution in [0.3, 0.4) is 0 Å². The maximum Gasteiger partial charge on any atom is 0.322 e. The van der Waals surface area contributed by atoms with Crippen molar-refractivity contribution in [3.05, 3.63) is 53.5 Å². The third-order valence-corrected chi connectivity index (χ3v) is 4.36. The van der Waals surface area contributed by atoms with E-state index in [1.54, 1.807) is 6.26 Å². The molecule has 3 heterocycles. The highest BCUT2D eigenvalue weighted by Crippen LogP contribution is 2.33. The number of hydrogen-bond donors (Lipinski definition) is 1. The number of hydrogen-bond acceptors (Lipinski definition) is 3. The highest BCUT2D eigenvalue weighted by molar-refractivity contribution is 5.90. The summed E-state index contributed by atoms with van der Waals surface area (Å²) in [4.78, 5) is 14.4. The maximum atomic E-state index is 12.6. The lowest BCUT2D eigenvalue weighted by atomic mass is 10.1. The number of fused-ring (bicyclic) bond motifs is 1. The third-order valence-electron chi connectivity index (χ3n) is 4.36. The maximum absolute atomic E-state index is 12.6. The van der Waals surface area contributed by atoms with Gasteiger partial charge < -0.3 is 19.4 Å². The Morgan fingerprint density at radius 3 is 3.00 bits per heavy atom. The van der Waals surface area contributed by atoms with Crippen molar-refractivity contribution in [2.24, 2.45) is 0 Å². The van der Waals surface area contributed by atoms with E-state index in [0.29, 0.717) is 13.2 Å². The Kier molecular flexibility index (Phi) is 3.35. The largest absolute Gasteiger partial charge is 0.467 e. The number of benzene rings is 1. The molecule has 0 bridgehead atoms. The lowest BCUT2D eigenvalue weighted by molar-refractivity contribution is 0.134. The van der Waals surface area contributed by atoms with Gasteiger partial charge in [0.1, 0.15) is 5.76 Å².